The Bertz CT molecular complexity index is 678. The first-order valence-electron chi connectivity index (χ1n) is 6.34. The van der Waals surface area contributed by atoms with Gasteiger partial charge in [0.25, 0.3) is 5.91 Å². The van der Waals surface area contributed by atoms with Crippen molar-refractivity contribution in [2.45, 2.75) is 6.10 Å². The first-order chi connectivity index (χ1) is 10.2. The third-order valence-corrected chi connectivity index (χ3v) is 3.01. The van der Waals surface area contributed by atoms with Crippen LogP contribution in [-0.2, 0) is 9.53 Å². The summed E-state index contributed by atoms with van der Waals surface area (Å²) in [7, 11) is 1.47. The molecule has 0 aliphatic rings. The number of carbonyl (C=O) groups is 1. The van der Waals surface area contributed by atoms with Crippen molar-refractivity contribution in [3.63, 3.8) is 0 Å². The first-order valence-corrected chi connectivity index (χ1v) is 6.34. The average molecular weight is 281 g/mol. The Morgan fingerprint density at radius 1 is 1.29 bits per heavy atom. The number of rotatable bonds is 4. The number of methoxy groups -OCH3 is 1. The van der Waals surface area contributed by atoms with Gasteiger partial charge in [-0.05, 0) is 23.8 Å². The van der Waals surface area contributed by atoms with E-state index >= 15 is 0 Å². The van der Waals surface area contributed by atoms with E-state index in [1.165, 1.54) is 13.2 Å². The van der Waals surface area contributed by atoms with Crippen molar-refractivity contribution in [3.05, 3.63) is 59.7 Å². The van der Waals surface area contributed by atoms with Gasteiger partial charge in [-0.3, -0.25) is 4.79 Å². The summed E-state index contributed by atoms with van der Waals surface area (Å²) in [5, 5.41) is 11.5. The minimum Gasteiger partial charge on any atom is -0.397 e. The van der Waals surface area contributed by atoms with Crippen molar-refractivity contribution in [1.82, 2.24) is 0 Å². The molecule has 1 unspecified atom stereocenters. The van der Waals surface area contributed by atoms with Crippen LogP contribution in [0.25, 0.3) is 0 Å². The van der Waals surface area contributed by atoms with Gasteiger partial charge in [0.1, 0.15) is 0 Å². The molecule has 21 heavy (non-hydrogen) atoms. The maximum absolute atomic E-state index is 12.3. The average Bonchev–Trinajstić information content (AvgIpc) is 2.51. The van der Waals surface area contributed by atoms with Gasteiger partial charge in [-0.1, -0.05) is 30.3 Å². The molecule has 5 nitrogen and oxygen atoms in total. The van der Waals surface area contributed by atoms with E-state index in [1.807, 2.05) is 36.4 Å². The van der Waals surface area contributed by atoms with Gasteiger partial charge in [0.05, 0.1) is 23.0 Å². The molecule has 0 saturated heterocycles. The molecular formula is C16H15N3O2. The standard InChI is InChI=1S/C16H15N3O2/c1-21-15(12-5-3-2-4-6-12)16(20)19-14-8-7-11(10-17)9-13(14)18/h2-9,15H,18H2,1H3,(H,19,20). The fraction of sp³-hybridized carbons (Fsp3) is 0.125. The van der Waals surface area contributed by atoms with Gasteiger partial charge in [-0.2, -0.15) is 5.26 Å². The largest absolute Gasteiger partial charge is 0.397 e. The molecule has 0 aliphatic heterocycles. The minimum absolute atomic E-state index is 0.319. The summed E-state index contributed by atoms with van der Waals surface area (Å²) in [5.41, 5.74) is 7.81. The highest BCUT2D eigenvalue weighted by Gasteiger charge is 2.20. The summed E-state index contributed by atoms with van der Waals surface area (Å²) < 4.78 is 5.25. The van der Waals surface area contributed by atoms with Crippen LogP contribution in [0, 0.1) is 11.3 Å². The Labute approximate surface area is 123 Å². The monoisotopic (exact) mass is 281 g/mol. The van der Waals surface area contributed by atoms with Gasteiger partial charge in [0.2, 0.25) is 0 Å². The Morgan fingerprint density at radius 3 is 2.57 bits per heavy atom. The fourth-order valence-electron chi connectivity index (χ4n) is 1.97. The lowest BCUT2D eigenvalue weighted by molar-refractivity contribution is -0.126. The van der Waals surface area contributed by atoms with Gasteiger partial charge >= 0.3 is 0 Å². The number of nitrogens with two attached hydrogens (primary N) is 1. The second-order valence-corrected chi connectivity index (χ2v) is 4.43. The van der Waals surface area contributed by atoms with E-state index in [2.05, 4.69) is 5.32 Å². The minimum atomic E-state index is -0.721. The zero-order valence-corrected chi connectivity index (χ0v) is 11.5. The van der Waals surface area contributed by atoms with Crippen molar-refractivity contribution < 1.29 is 9.53 Å². The van der Waals surface area contributed by atoms with Crippen molar-refractivity contribution >= 4 is 17.3 Å². The molecule has 0 radical (unpaired) electrons. The van der Waals surface area contributed by atoms with Crippen molar-refractivity contribution in [3.8, 4) is 6.07 Å². The maximum Gasteiger partial charge on any atom is 0.258 e. The van der Waals surface area contributed by atoms with Crippen LogP contribution < -0.4 is 11.1 Å². The molecule has 0 heterocycles. The van der Waals surface area contributed by atoms with E-state index in [1.54, 1.807) is 12.1 Å². The van der Waals surface area contributed by atoms with Crippen molar-refractivity contribution in [2.75, 3.05) is 18.2 Å². The van der Waals surface area contributed by atoms with E-state index in [0.717, 1.165) is 5.56 Å². The van der Waals surface area contributed by atoms with Gasteiger partial charge < -0.3 is 15.8 Å². The molecule has 1 atom stereocenters. The number of nitrogens with one attached hydrogen (secondary N) is 1. The van der Waals surface area contributed by atoms with E-state index in [0.29, 0.717) is 16.9 Å². The summed E-state index contributed by atoms with van der Waals surface area (Å²) in [5.74, 6) is -0.319. The third-order valence-electron chi connectivity index (χ3n) is 3.01. The summed E-state index contributed by atoms with van der Waals surface area (Å²) in [6.07, 6.45) is -0.721. The highest BCUT2D eigenvalue weighted by molar-refractivity contribution is 5.97. The summed E-state index contributed by atoms with van der Waals surface area (Å²) >= 11 is 0. The van der Waals surface area contributed by atoms with E-state index in [4.69, 9.17) is 15.7 Å². The molecule has 1 amide bonds. The summed E-state index contributed by atoms with van der Waals surface area (Å²) in [6.45, 7) is 0. The highest BCUT2D eigenvalue weighted by atomic mass is 16.5. The SMILES string of the molecule is COC(C(=O)Nc1ccc(C#N)cc1N)c1ccccc1. The van der Waals surface area contributed by atoms with Crippen LogP contribution in [0.3, 0.4) is 0 Å². The molecule has 0 fully saturated rings. The molecule has 0 spiro atoms. The van der Waals surface area contributed by atoms with Gasteiger partial charge in [-0.15, -0.1) is 0 Å². The second-order valence-electron chi connectivity index (χ2n) is 4.43. The van der Waals surface area contributed by atoms with Gasteiger partial charge in [-0.25, -0.2) is 0 Å². The molecule has 0 aliphatic carbocycles. The zero-order chi connectivity index (χ0) is 15.2. The first kappa shape index (κ1) is 14.6. The number of ether oxygens (including phenoxy) is 1. The quantitative estimate of drug-likeness (QED) is 0.843. The molecule has 0 bridgehead atoms. The summed E-state index contributed by atoms with van der Waals surface area (Å²) in [4.78, 5) is 12.3. The number of amides is 1. The second kappa shape index (κ2) is 6.55. The van der Waals surface area contributed by atoms with Crippen LogP contribution in [-0.4, -0.2) is 13.0 Å². The molecule has 5 heteroatoms. The van der Waals surface area contributed by atoms with E-state index < -0.39 is 6.10 Å². The van der Waals surface area contributed by atoms with Crippen molar-refractivity contribution in [1.29, 1.82) is 5.26 Å². The number of carbonyl (C=O) groups excluding carboxylic acids is 1. The number of nitrogen functional groups attached to an aromatic ring is 1. The molecule has 106 valence electrons. The lowest BCUT2D eigenvalue weighted by Crippen LogP contribution is -2.23. The lowest BCUT2D eigenvalue weighted by atomic mass is 10.1. The molecule has 0 aromatic heterocycles. The van der Waals surface area contributed by atoms with Crippen LogP contribution in [0.1, 0.15) is 17.2 Å². The summed E-state index contributed by atoms with van der Waals surface area (Å²) in [6, 6.07) is 15.9. The predicted octanol–water partition coefficient (Wildman–Crippen LogP) is 2.47. The maximum atomic E-state index is 12.3. The smallest absolute Gasteiger partial charge is 0.258 e. The number of nitrogens with zero attached hydrogens (tertiary/aromatic N) is 1. The lowest BCUT2D eigenvalue weighted by Gasteiger charge is -2.16. The molecule has 2 rings (SSSR count). The predicted molar refractivity (Wildman–Crippen MR) is 80.4 cm³/mol. The number of hydrogen-bond acceptors (Lipinski definition) is 4. The van der Waals surface area contributed by atoms with E-state index in [9.17, 15) is 4.79 Å². The van der Waals surface area contributed by atoms with Crippen molar-refractivity contribution in [2.24, 2.45) is 0 Å². The van der Waals surface area contributed by atoms with E-state index in [-0.39, 0.29) is 5.91 Å². The Balaban J connectivity index is 2.19. The number of hydrogen-bond donors (Lipinski definition) is 2. The van der Waals surface area contributed by atoms with Gasteiger partial charge in [0, 0.05) is 7.11 Å². The molecule has 2 aromatic carbocycles. The molecule has 0 saturated carbocycles. The van der Waals surface area contributed by atoms with Crippen LogP contribution >= 0.6 is 0 Å². The van der Waals surface area contributed by atoms with Crippen LogP contribution in [0.2, 0.25) is 0 Å². The number of nitriles is 1. The molecule has 3 N–H and O–H groups in total. The van der Waals surface area contributed by atoms with Crippen LogP contribution in [0.15, 0.2) is 48.5 Å². The highest BCUT2D eigenvalue weighted by Crippen LogP contribution is 2.23. The Hall–Kier alpha value is -2.84. The van der Waals surface area contributed by atoms with Gasteiger partial charge in [0.15, 0.2) is 6.10 Å². The van der Waals surface area contributed by atoms with Crippen LogP contribution in [0.5, 0.6) is 0 Å². The zero-order valence-electron chi connectivity index (χ0n) is 11.5. The molecular weight excluding hydrogens is 266 g/mol. The fourth-order valence-corrected chi connectivity index (χ4v) is 1.97. The third kappa shape index (κ3) is 3.38. The topological polar surface area (TPSA) is 88.1 Å². The normalized spacial score (nSPS) is 11.4. The molecule has 2 aromatic rings. The number of benzene rings is 2. The van der Waals surface area contributed by atoms with Crippen LogP contribution in [0.4, 0.5) is 11.4 Å². The Morgan fingerprint density at radius 2 is 2.00 bits per heavy atom. The number of anilines is 2. The Kier molecular flexibility index (Phi) is 4.54.